The van der Waals surface area contributed by atoms with Crippen molar-refractivity contribution in [3.05, 3.63) is 88.6 Å². The van der Waals surface area contributed by atoms with Crippen molar-refractivity contribution < 1.29 is 28.7 Å². The van der Waals surface area contributed by atoms with Crippen molar-refractivity contribution in [3.8, 4) is 6.07 Å². The number of hydrogen-bond acceptors (Lipinski definition) is 10. The van der Waals surface area contributed by atoms with Gasteiger partial charge in [0, 0.05) is 67.5 Å². The summed E-state index contributed by atoms with van der Waals surface area (Å²) in [6, 6.07) is 15.2. The van der Waals surface area contributed by atoms with Crippen LogP contribution in [0.4, 0.5) is 0 Å². The second-order valence-corrected chi connectivity index (χ2v) is 16.1. The number of likely N-dealkylation sites (tertiary alicyclic amines) is 1. The third kappa shape index (κ3) is 7.85. The van der Waals surface area contributed by atoms with Crippen molar-refractivity contribution in [3.63, 3.8) is 0 Å². The van der Waals surface area contributed by atoms with Crippen LogP contribution in [0.2, 0.25) is 0 Å². The van der Waals surface area contributed by atoms with E-state index in [1.165, 1.54) is 11.3 Å². The summed E-state index contributed by atoms with van der Waals surface area (Å²) in [6.07, 6.45) is 4.93. The number of nitrogens with one attached hydrogen (secondary N) is 1. The third-order valence-electron chi connectivity index (χ3n) is 9.83. The van der Waals surface area contributed by atoms with Crippen LogP contribution >= 0.6 is 18.9 Å². The number of pyridine rings is 1. The Morgan fingerprint density at radius 1 is 1.04 bits per heavy atom. The maximum absolute atomic E-state index is 14.5. The molecule has 3 aliphatic heterocycles. The predicted molar refractivity (Wildman–Crippen MR) is 187 cm³/mol. The molecule has 3 saturated heterocycles. The first-order valence-electron chi connectivity index (χ1n) is 16.9. The molecule has 3 aliphatic rings. The zero-order valence-electron chi connectivity index (χ0n) is 27.7. The monoisotopic (exact) mass is 728 g/mol. The van der Waals surface area contributed by atoms with E-state index < -0.39 is 19.6 Å². The van der Waals surface area contributed by atoms with Gasteiger partial charge in [-0.15, -0.1) is 11.3 Å². The minimum atomic E-state index is -4.25. The number of nitriles is 1. The van der Waals surface area contributed by atoms with Crippen molar-refractivity contribution in [1.29, 1.82) is 5.26 Å². The van der Waals surface area contributed by atoms with Gasteiger partial charge in [0.15, 0.2) is 0 Å². The molecule has 3 amide bonds. The lowest BCUT2D eigenvalue weighted by Crippen LogP contribution is -2.59. The molecule has 14 nitrogen and oxygen atoms in total. The fourth-order valence-corrected chi connectivity index (χ4v) is 8.95. The van der Waals surface area contributed by atoms with Crippen LogP contribution in [0.3, 0.4) is 0 Å². The first-order valence-corrected chi connectivity index (χ1v) is 19.5. The van der Waals surface area contributed by atoms with Crippen LogP contribution in [-0.4, -0.2) is 102 Å². The van der Waals surface area contributed by atoms with Gasteiger partial charge in [-0.3, -0.25) is 23.8 Å². The van der Waals surface area contributed by atoms with E-state index >= 15 is 0 Å². The van der Waals surface area contributed by atoms with Crippen molar-refractivity contribution >= 4 is 46.7 Å². The Morgan fingerprint density at radius 2 is 1.84 bits per heavy atom. The van der Waals surface area contributed by atoms with E-state index in [2.05, 4.69) is 31.2 Å². The summed E-state index contributed by atoms with van der Waals surface area (Å²) in [4.78, 5) is 79.8. The zero-order valence-corrected chi connectivity index (χ0v) is 29.4. The van der Waals surface area contributed by atoms with Crippen LogP contribution in [0.25, 0.3) is 10.1 Å². The molecular formula is C35H37N8O6PS. The van der Waals surface area contributed by atoms with Crippen LogP contribution in [0.15, 0.2) is 60.9 Å². The molecule has 3 N–H and O–H groups in total. The number of amides is 3. The lowest BCUT2D eigenvalue weighted by atomic mass is 9.94. The van der Waals surface area contributed by atoms with Gasteiger partial charge in [-0.05, 0) is 66.6 Å². The maximum Gasteiger partial charge on any atom is 0.329 e. The average Bonchev–Trinajstić information content (AvgIpc) is 3.71. The highest BCUT2D eigenvalue weighted by Crippen LogP contribution is 2.40. The third-order valence-corrected chi connectivity index (χ3v) is 11.7. The fourth-order valence-electron chi connectivity index (χ4n) is 7.31. The molecular weight excluding hydrogens is 691 g/mol. The first kappa shape index (κ1) is 34.9. The maximum atomic E-state index is 14.5. The van der Waals surface area contributed by atoms with E-state index in [1.54, 1.807) is 64.7 Å². The van der Waals surface area contributed by atoms with Gasteiger partial charge >= 0.3 is 7.60 Å². The molecule has 1 unspecified atom stereocenters. The normalized spacial score (nSPS) is 21.4. The number of hydrogen-bond donors (Lipinski definition) is 3. The molecule has 1 aromatic carbocycles. The number of benzene rings is 1. The number of thiophene rings is 1. The van der Waals surface area contributed by atoms with E-state index in [0.29, 0.717) is 79.3 Å². The van der Waals surface area contributed by atoms with E-state index in [9.17, 15) is 34.0 Å². The first-order chi connectivity index (χ1) is 24.5. The number of aromatic nitrogens is 3. The average molecular weight is 729 g/mol. The molecule has 0 spiro atoms. The summed E-state index contributed by atoms with van der Waals surface area (Å²) >= 11 is 1.26. The summed E-state index contributed by atoms with van der Waals surface area (Å²) in [7, 11) is -4.25. The fraction of sp³-hybridized carbons (Fsp3) is 0.400. The highest BCUT2D eigenvalue weighted by molar-refractivity contribution is 7.50. The minimum Gasteiger partial charge on any atom is -0.350 e. The van der Waals surface area contributed by atoms with Gasteiger partial charge < -0.3 is 24.9 Å². The number of carbonyl (C=O) groups is 3. The smallest absolute Gasteiger partial charge is 0.329 e. The summed E-state index contributed by atoms with van der Waals surface area (Å²) < 4.78 is 12.3. The van der Waals surface area contributed by atoms with Gasteiger partial charge in [0.1, 0.15) is 23.6 Å². The molecule has 3 aromatic heterocycles. The number of fused-ring (bicyclic) bond motifs is 2. The highest BCUT2D eigenvalue weighted by Gasteiger charge is 2.47. The Labute approximate surface area is 298 Å². The zero-order chi connectivity index (χ0) is 35.7. The molecule has 264 valence electrons. The van der Waals surface area contributed by atoms with Crippen molar-refractivity contribution in [2.75, 3.05) is 32.7 Å². The molecule has 0 radical (unpaired) electrons. The molecule has 51 heavy (non-hydrogen) atoms. The van der Waals surface area contributed by atoms with Crippen LogP contribution in [0, 0.1) is 17.2 Å². The molecule has 7 rings (SSSR count). The lowest BCUT2D eigenvalue weighted by Gasteiger charge is -2.43. The Balaban J connectivity index is 1.07. The molecule has 4 aromatic rings. The Bertz CT molecular complexity index is 2040. The standard InChI is InChI=1S/C35H37N8O6PS/c36-15-26-3-1-4-28(40-26)25-18-42(19-25)35(46)29-7-6-27-9-12-41(20-32-37-10-2-11-38-32)17-24(34(45)43(27)29)16-39-33(44)31-14-23-13-22(21-50(47,48)49)5-8-30(23)51-31/h1-5,8,10-11,13-14,24-25,27,29H,6-7,9,12,16-21H2,(H,39,44)(H2,47,48,49)/t24?,27-,29+/m1/s1. The Morgan fingerprint density at radius 3 is 2.61 bits per heavy atom. The van der Waals surface area contributed by atoms with E-state index in [1.807, 2.05) is 6.07 Å². The Kier molecular flexibility index (Phi) is 9.96. The molecule has 0 aliphatic carbocycles. The SMILES string of the molecule is N#Cc1cccc(C2CN(C(=O)[C@@H]3CC[C@@H]4CCN(Cc5ncccn5)CC(CNC(=O)c5cc6cc(CP(=O)(O)O)ccc6s5)C(=O)N43)C2)n1. The molecule has 16 heteroatoms. The highest BCUT2D eigenvalue weighted by atomic mass is 32.1. The van der Waals surface area contributed by atoms with Crippen molar-refractivity contribution in [1.82, 2.24) is 35.0 Å². The van der Waals surface area contributed by atoms with Gasteiger partial charge in [0.25, 0.3) is 5.91 Å². The van der Waals surface area contributed by atoms with Gasteiger partial charge in [-0.25, -0.2) is 15.0 Å². The van der Waals surface area contributed by atoms with Gasteiger partial charge in [-0.2, -0.15) is 5.26 Å². The van der Waals surface area contributed by atoms with Crippen LogP contribution in [0.1, 0.15) is 57.6 Å². The quantitative estimate of drug-likeness (QED) is 0.215. The number of carbonyl (C=O) groups excluding carboxylic acids is 3. The lowest BCUT2D eigenvalue weighted by molar-refractivity contribution is -0.151. The van der Waals surface area contributed by atoms with Gasteiger partial charge in [-0.1, -0.05) is 12.1 Å². The minimum absolute atomic E-state index is 0.0331. The van der Waals surface area contributed by atoms with E-state index in [4.69, 9.17) is 0 Å². The summed E-state index contributed by atoms with van der Waals surface area (Å²) in [6.45, 7) is 2.45. The number of nitrogens with zero attached hydrogens (tertiary/aromatic N) is 7. The van der Waals surface area contributed by atoms with E-state index in [0.717, 1.165) is 10.4 Å². The summed E-state index contributed by atoms with van der Waals surface area (Å²) in [5, 5.41) is 12.9. The molecule has 0 saturated carbocycles. The predicted octanol–water partition coefficient (Wildman–Crippen LogP) is 2.87. The van der Waals surface area contributed by atoms with E-state index in [-0.39, 0.29) is 42.4 Å². The topological polar surface area (TPSA) is 193 Å². The van der Waals surface area contributed by atoms with Crippen LogP contribution in [-0.2, 0) is 26.9 Å². The largest absolute Gasteiger partial charge is 0.350 e. The molecule has 3 fully saturated rings. The summed E-state index contributed by atoms with van der Waals surface area (Å²) in [5.74, 6) is -0.582. The molecule has 3 atom stereocenters. The van der Waals surface area contributed by atoms with Crippen molar-refractivity contribution in [2.45, 2.75) is 50.0 Å². The second-order valence-electron chi connectivity index (χ2n) is 13.4. The van der Waals surface area contributed by atoms with Crippen LogP contribution in [0.5, 0.6) is 0 Å². The van der Waals surface area contributed by atoms with Gasteiger partial charge in [0.05, 0.1) is 23.5 Å². The molecule has 6 heterocycles. The molecule has 0 bridgehead atoms. The van der Waals surface area contributed by atoms with Crippen LogP contribution < -0.4 is 5.32 Å². The van der Waals surface area contributed by atoms with Crippen molar-refractivity contribution in [2.24, 2.45) is 5.92 Å². The summed E-state index contributed by atoms with van der Waals surface area (Å²) in [5.41, 5.74) is 1.60. The van der Waals surface area contributed by atoms with Gasteiger partial charge in [0.2, 0.25) is 11.8 Å². The second kappa shape index (κ2) is 14.6. The Hall–Kier alpha value is -4.58. The number of rotatable bonds is 9.